The third-order valence-electron chi connectivity index (χ3n) is 4.06. The normalized spacial score (nSPS) is 13.0. The molecule has 0 saturated carbocycles. The van der Waals surface area contributed by atoms with Crippen molar-refractivity contribution in [2.24, 2.45) is 5.92 Å². The Morgan fingerprint density at radius 2 is 1.17 bits per heavy atom. The van der Waals surface area contributed by atoms with Crippen molar-refractivity contribution in [1.82, 2.24) is 5.32 Å². The van der Waals surface area contributed by atoms with Crippen LogP contribution >= 0.6 is 0 Å². The number of benzene rings is 2. The second kappa shape index (κ2) is 8.33. The van der Waals surface area contributed by atoms with Crippen molar-refractivity contribution in [3.63, 3.8) is 0 Å². The summed E-state index contributed by atoms with van der Waals surface area (Å²) >= 11 is 0. The van der Waals surface area contributed by atoms with Crippen LogP contribution in [-0.4, -0.2) is 25.6 Å². The first-order valence-corrected chi connectivity index (χ1v) is 8.05. The summed E-state index contributed by atoms with van der Waals surface area (Å²) in [6.45, 7) is 8.53. The van der Waals surface area contributed by atoms with E-state index in [4.69, 9.17) is 0 Å². The minimum absolute atomic E-state index is 0. The van der Waals surface area contributed by atoms with E-state index in [1.54, 1.807) is 0 Å². The predicted molar refractivity (Wildman–Crippen MR) is 98.5 cm³/mol. The molecule has 3 heteroatoms. The van der Waals surface area contributed by atoms with Gasteiger partial charge >= 0.3 is 0 Å². The molecule has 0 aliphatic heterocycles. The van der Waals surface area contributed by atoms with Crippen molar-refractivity contribution in [3.8, 4) is 0 Å². The zero-order chi connectivity index (χ0) is 16.2. The van der Waals surface area contributed by atoms with E-state index in [0.29, 0.717) is 6.04 Å². The first kappa shape index (κ1) is 19.5. The van der Waals surface area contributed by atoms with E-state index in [2.05, 4.69) is 33.0 Å². The Morgan fingerprint density at radius 1 is 0.783 bits per heavy atom. The monoisotopic (exact) mass is 308 g/mol. The van der Waals surface area contributed by atoms with Crippen LogP contribution in [0.2, 0.25) is 0 Å². The quantitative estimate of drug-likeness (QED) is 0.800. The van der Waals surface area contributed by atoms with Crippen molar-refractivity contribution in [2.75, 3.05) is 0 Å². The fourth-order valence-corrected chi connectivity index (χ4v) is 3.06. The molecule has 3 radical (unpaired) electrons. The molecule has 0 aromatic heterocycles. The van der Waals surface area contributed by atoms with Crippen LogP contribution in [0.5, 0.6) is 0 Å². The van der Waals surface area contributed by atoms with E-state index in [1.807, 2.05) is 60.7 Å². The molecule has 0 amide bonds. The molecule has 0 spiro atoms. The van der Waals surface area contributed by atoms with Crippen molar-refractivity contribution >= 4 is 8.41 Å². The predicted octanol–water partition coefficient (Wildman–Crippen LogP) is 3.56. The van der Waals surface area contributed by atoms with E-state index in [-0.39, 0.29) is 20.4 Å². The van der Waals surface area contributed by atoms with E-state index in [9.17, 15) is 5.11 Å². The highest BCUT2D eigenvalue weighted by atomic mass is 16.3. The second-order valence-corrected chi connectivity index (χ2v) is 6.54. The van der Waals surface area contributed by atoms with Gasteiger partial charge in [-0.2, -0.15) is 0 Å². The summed E-state index contributed by atoms with van der Waals surface area (Å²) in [4.78, 5) is 0. The summed E-state index contributed by atoms with van der Waals surface area (Å²) in [6.07, 6.45) is 0. The fraction of sp³-hybridized carbons (Fsp3) is 0.400. The summed E-state index contributed by atoms with van der Waals surface area (Å²) in [5, 5.41) is 15.3. The summed E-state index contributed by atoms with van der Waals surface area (Å²) in [6, 6.07) is 20.1. The van der Waals surface area contributed by atoms with Gasteiger partial charge in [0.1, 0.15) is 5.60 Å². The number of aliphatic hydroxyl groups is 1. The van der Waals surface area contributed by atoms with Gasteiger partial charge < -0.3 is 10.4 Å². The lowest BCUT2D eigenvalue weighted by molar-refractivity contribution is 0.0157. The molecule has 23 heavy (non-hydrogen) atoms. The van der Waals surface area contributed by atoms with Gasteiger partial charge in [0.2, 0.25) is 0 Å². The molecule has 121 valence electrons. The highest BCUT2D eigenvalue weighted by Gasteiger charge is 2.41. The van der Waals surface area contributed by atoms with Crippen LogP contribution in [0.25, 0.3) is 0 Å². The van der Waals surface area contributed by atoms with Gasteiger partial charge in [-0.25, -0.2) is 0 Å². The Morgan fingerprint density at radius 3 is 1.48 bits per heavy atom. The van der Waals surface area contributed by atoms with Crippen molar-refractivity contribution in [3.05, 3.63) is 71.8 Å². The maximum atomic E-state index is 11.8. The summed E-state index contributed by atoms with van der Waals surface area (Å²) in [7, 11) is 0. The highest BCUT2D eigenvalue weighted by Crippen LogP contribution is 2.36. The Labute approximate surface area is 142 Å². The number of nitrogens with one attached hydrogen (secondary N) is 1. The average Bonchev–Trinajstić information content (AvgIpc) is 2.53. The summed E-state index contributed by atoms with van der Waals surface area (Å²) < 4.78 is 0. The largest absolute Gasteiger partial charge is 0.379 e. The van der Waals surface area contributed by atoms with Gasteiger partial charge in [-0.15, -0.1) is 0 Å². The van der Waals surface area contributed by atoms with E-state index in [0.717, 1.165) is 11.1 Å². The molecule has 0 bridgehead atoms. The minimum atomic E-state index is -1.05. The Hall–Kier alpha value is -1.58. The van der Waals surface area contributed by atoms with Crippen molar-refractivity contribution < 1.29 is 5.11 Å². The maximum Gasteiger partial charge on any atom is 0.130 e. The van der Waals surface area contributed by atoms with Gasteiger partial charge in [-0.05, 0) is 17.0 Å². The molecule has 0 aliphatic carbocycles. The SMILES string of the molecule is CC(C)N[C@@H](C(C)C)C(O)(c1ccccc1)c1ccccc1.[B]. The zero-order valence-electron chi connectivity index (χ0n) is 14.5. The highest BCUT2D eigenvalue weighted by molar-refractivity contribution is 5.75. The van der Waals surface area contributed by atoms with Crippen LogP contribution in [0.15, 0.2) is 60.7 Å². The lowest BCUT2D eigenvalue weighted by Crippen LogP contribution is -2.54. The van der Waals surface area contributed by atoms with Gasteiger partial charge in [0.15, 0.2) is 0 Å². The van der Waals surface area contributed by atoms with Crippen LogP contribution in [-0.2, 0) is 5.60 Å². The molecule has 0 heterocycles. The fourth-order valence-electron chi connectivity index (χ4n) is 3.06. The Bertz CT molecular complexity index is 529. The van der Waals surface area contributed by atoms with E-state index in [1.165, 1.54) is 0 Å². The minimum Gasteiger partial charge on any atom is -0.379 e. The van der Waals surface area contributed by atoms with Crippen molar-refractivity contribution in [2.45, 2.75) is 45.4 Å². The smallest absolute Gasteiger partial charge is 0.130 e. The molecule has 2 aromatic rings. The Kier molecular flexibility index (Phi) is 7.05. The molecule has 0 aliphatic rings. The maximum absolute atomic E-state index is 11.8. The second-order valence-electron chi connectivity index (χ2n) is 6.54. The van der Waals surface area contributed by atoms with Gasteiger partial charge in [0.25, 0.3) is 0 Å². The van der Waals surface area contributed by atoms with Crippen LogP contribution in [0.3, 0.4) is 0 Å². The summed E-state index contributed by atoms with van der Waals surface area (Å²) in [5.74, 6) is 0.285. The van der Waals surface area contributed by atoms with E-state index >= 15 is 0 Å². The molecule has 2 nitrogen and oxygen atoms in total. The molecule has 0 unspecified atom stereocenters. The molecular formula is C20H27BNO. The molecule has 0 saturated heterocycles. The molecular weight excluding hydrogens is 281 g/mol. The van der Waals surface area contributed by atoms with Gasteiger partial charge in [-0.3, -0.25) is 0 Å². The lowest BCUT2D eigenvalue weighted by Gasteiger charge is -2.41. The molecule has 2 N–H and O–H groups in total. The molecule has 2 aromatic carbocycles. The molecule has 0 fully saturated rings. The van der Waals surface area contributed by atoms with Gasteiger partial charge in [0.05, 0.1) is 0 Å². The Balaban J connectivity index is 0.00000264. The lowest BCUT2D eigenvalue weighted by atomic mass is 9.75. The van der Waals surface area contributed by atoms with Crippen LogP contribution < -0.4 is 5.32 Å². The molecule has 1 atom stereocenters. The third kappa shape index (κ3) is 4.24. The van der Waals surface area contributed by atoms with Crippen LogP contribution in [0.1, 0.15) is 38.8 Å². The van der Waals surface area contributed by atoms with Crippen LogP contribution in [0, 0.1) is 5.92 Å². The standard InChI is InChI=1S/C20H27NO.B/c1-15(2)19(21-16(3)4)20(22,17-11-7-5-8-12-17)18-13-9-6-10-14-18;/h5-16,19,21-22H,1-4H3;/t19-;/m0./s1. The van der Waals surface area contributed by atoms with Crippen LogP contribution in [0.4, 0.5) is 0 Å². The first-order chi connectivity index (χ1) is 10.5. The average molecular weight is 308 g/mol. The summed E-state index contributed by atoms with van der Waals surface area (Å²) in [5.41, 5.74) is 0.794. The zero-order valence-corrected chi connectivity index (χ0v) is 14.5. The van der Waals surface area contributed by atoms with Gasteiger partial charge in [-0.1, -0.05) is 88.4 Å². The van der Waals surface area contributed by atoms with Gasteiger partial charge in [0, 0.05) is 20.5 Å². The third-order valence-corrected chi connectivity index (χ3v) is 4.06. The first-order valence-electron chi connectivity index (χ1n) is 8.05. The van der Waals surface area contributed by atoms with Crippen molar-refractivity contribution in [1.29, 1.82) is 0 Å². The molecule has 2 rings (SSSR count). The topological polar surface area (TPSA) is 32.3 Å². The number of hydrogen-bond donors (Lipinski definition) is 2. The number of hydrogen-bond acceptors (Lipinski definition) is 2. The van der Waals surface area contributed by atoms with E-state index < -0.39 is 5.60 Å². The number of rotatable bonds is 6.